The summed E-state index contributed by atoms with van der Waals surface area (Å²) in [6.07, 6.45) is 9.22. The molecule has 1 aliphatic heterocycles. The molecule has 5 fully saturated rings. The zero-order valence-corrected chi connectivity index (χ0v) is 15.0. The average Bonchev–Trinajstić information content (AvgIpc) is 3.08. The molecule has 0 aromatic carbocycles. The fraction of sp³-hybridized carbons (Fsp3) is 0.789. The molecule has 5 aliphatic rings. The van der Waals surface area contributed by atoms with Crippen LogP contribution in [0.3, 0.4) is 0 Å². The summed E-state index contributed by atoms with van der Waals surface area (Å²) in [5.41, 5.74) is 0.648. The molecule has 1 amide bonds. The standard InChI is InChI=1S/C19H27N3OS/c23-18(16-10-24-19(21-16)13-2-1-3-20-9-13)22-17-14-5-11-4-12(7-14)8-15(17)6-11/h10-15,17,20H,1-9H2,(H,22,23). The zero-order valence-electron chi connectivity index (χ0n) is 14.2. The fourth-order valence-electron chi connectivity index (χ4n) is 6.03. The summed E-state index contributed by atoms with van der Waals surface area (Å²) in [5, 5.41) is 9.93. The van der Waals surface area contributed by atoms with Crippen molar-refractivity contribution in [2.24, 2.45) is 23.7 Å². The van der Waals surface area contributed by atoms with Crippen molar-refractivity contribution in [1.29, 1.82) is 0 Å². The van der Waals surface area contributed by atoms with E-state index < -0.39 is 0 Å². The molecule has 4 nitrogen and oxygen atoms in total. The van der Waals surface area contributed by atoms with Crippen molar-refractivity contribution in [3.8, 4) is 0 Å². The number of piperidine rings is 1. The number of amides is 1. The van der Waals surface area contributed by atoms with Gasteiger partial charge >= 0.3 is 0 Å². The number of rotatable bonds is 3. The number of thiazole rings is 1. The molecule has 1 aromatic rings. The Labute approximate surface area is 147 Å². The number of carbonyl (C=O) groups excluding carboxylic acids is 1. The van der Waals surface area contributed by atoms with Crippen LogP contribution < -0.4 is 10.6 Å². The fourth-order valence-corrected chi connectivity index (χ4v) is 6.96. The smallest absolute Gasteiger partial charge is 0.270 e. The van der Waals surface area contributed by atoms with Crippen LogP contribution in [0.25, 0.3) is 0 Å². The topological polar surface area (TPSA) is 54.0 Å². The molecule has 2 heterocycles. The van der Waals surface area contributed by atoms with Gasteiger partial charge in [-0.2, -0.15) is 0 Å². The summed E-state index contributed by atoms with van der Waals surface area (Å²) >= 11 is 1.66. The van der Waals surface area contributed by atoms with Gasteiger partial charge in [0.25, 0.3) is 5.91 Å². The Hall–Kier alpha value is -0.940. The first-order valence-corrected chi connectivity index (χ1v) is 10.6. The number of hydrogen-bond acceptors (Lipinski definition) is 4. The highest BCUT2D eigenvalue weighted by Gasteiger charge is 2.48. The van der Waals surface area contributed by atoms with Crippen LogP contribution >= 0.6 is 11.3 Å². The first kappa shape index (κ1) is 15.3. The summed E-state index contributed by atoms with van der Waals surface area (Å²) in [6.45, 7) is 2.12. The molecule has 4 aliphatic carbocycles. The molecule has 6 rings (SSSR count). The molecule has 2 N–H and O–H groups in total. The number of nitrogens with zero attached hydrogens (tertiary/aromatic N) is 1. The normalized spacial score (nSPS) is 40.7. The highest BCUT2D eigenvalue weighted by molar-refractivity contribution is 7.09. The van der Waals surface area contributed by atoms with Crippen molar-refractivity contribution >= 4 is 17.2 Å². The van der Waals surface area contributed by atoms with Crippen LogP contribution in [0, 0.1) is 23.7 Å². The molecule has 1 aromatic heterocycles. The summed E-state index contributed by atoms with van der Waals surface area (Å²) in [7, 11) is 0. The molecule has 1 unspecified atom stereocenters. The molecule has 4 saturated carbocycles. The lowest BCUT2D eigenvalue weighted by molar-refractivity contribution is -0.0120. The van der Waals surface area contributed by atoms with Crippen molar-refractivity contribution in [2.75, 3.05) is 13.1 Å². The molecular formula is C19H27N3OS. The molecule has 0 radical (unpaired) electrons. The Balaban J connectivity index is 1.26. The van der Waals surface area contributed by atoms with Gasteiger partial charge in [-0.3, -0.25) is 4.79 Å². The van der Waals surface area contributed by atoms with E-state index in [1.54, 1.807) is 11.3 Å². The molecule has 24 heavy (non-hydrogen) atoms. The summed E-state index contributed by atoms with van der Waals surface area (Å²) < 4.78 is 0. The second-order valence-electron chi connectivity index (χ2n) is 8.54. The van der Waals surface area contributed by atoms with Crippen LogP contribution in [0.15, 0.2) is 5.38 Å². The van der Waals surface area contributed by atoms with Gasteiger partial charge in [-0.15, -0.1) is 11.3 Å². The van der Waals surface area contributed by atoms with Crippen molar-refractivity contribution in [3.63, 3.8) is 0 Å². The molecule has 4 bridgehead atoms. The summed E-state index contributed by atoms with van der Waals surface area (Å²) in [5.74, 6) is 3.91. The van der Waals surface area contributed by atoms with Crippen LogP contribution in [-0.2, 0) is 0 Å². The molecule has 1 saturated heterocycles. The van der Waals surface area contributed by atoms with Gasteiger partial charge < -0.3 is 10.6 Å². The number of nitrogens with one attached hydrogen (secondary N) is 2. The Morgan fingerprint density at radius 1 is 1.17 bits per heavy atom. The monoisotopic (exact) mass is 345 g/mol. The zero-order chi connectivity index (χ0) is 16.1. The lowest BCUT2D eigenvalue weighted by atomic mass is 9.54. The van der Waals surface area contributed by atoms with Crippen molar-refractivity contribution in [1.82, 2.24) is 15.6 Å². The summed E-state index contributed by atoms with van der Waals surface area (Å²) in [6, 6.07) is 0.409. The van der Waals surface area contributed by atoms with Gasteiger partial charge in [0.15, 0.2) is 0 Å². The molecular weight excluding hydrogens is 318 g/mol. The third-order valence-electron chi connectivity index (χ3n) is 6.93. The Morgan fingerprint density at radius 2 is 1.92 bits per heavy atom. The van der Waals surface area contributed by atoms with Crippen LogP contribution in [0.4, 0.5) is 0 Å². The lowest BCUT2D eigenvalue weighted by Crippen LogP contribution is -2.55. The van der Waals surface area contributed by atoms with Crippen LogP contribution in [-0.4, -0.2) is 30.0 Å². The molecule has 5 heteroatoms. The first-order chi connectivity index (χ1) is 11.8. The minimum atomic E-state index is 0.0683. The van der Waals surface area contributed by atoms with E-state index in [0.717, 1.165) is 41.8 Å². The van der Waals surface area contributed by atoms with Crippen molar-refractivity contribution in [3.05, 3.63) is 16.1 Å². The van der Waals surface area contributed by atoms with E-state index in [1.807, 2.05) is 5.38 Å². The summed E-state index contributed by atoms with van der Waals surface area (Å²) in [4.78, 5) is 17.4. The van der Waals surface area contributed by atoms with Gasteiger partial charge in [0.2, 0.25) is 0 Å². The maximum absolute atomic E-state index is 12.8. The second kappa shape index (κ2) is 6.10. The van der Waals surface area contributed by atoms with E-state index in [9.17, 15) is 4.79 Å². The highest BCUT2D eigenvalue weighted by atomic mass is 32.1. The average molecular weight is 346 g/mol. The predicted molar refractivity (Wildman–Crippen MR) is 95.3 cm³/mol. The minimum Gasteiger partial charge on any atom is -0.347 e. The van der Waals surface area contributed by atoms with Crippen molar-refractivity contribution < 1.29 is 4.79 Å². The van der Waals surface area contributed by atoms with Crippen LogP contribution in [0.2, 0.25) is 0 Å². The number of hydrogen-bond donors (Lipinski definition) is 2. The Morgan fingerprint density at radius 3 is 2.58 bits per heavy atom. The molecule has 130 valence electrons. The van der Waals surface area contributed by atoms with E-state index in [2.05, 4.69) is 15.6 Å². The van der Waals surface area contributed by atoms with Crippen LogP contribution in [0.5, 0.6) is 0 Å². The van der Waals surface area contributed by atoms with Gasteiger partial charge in [-0.25, -0.2) is 4.98 Å². The maximum Gasteiger partial charge on any atom is 0.270 e. The van der Waals surface area contributed by atoms with Gasteiger partial charge in [0.05, 0.1) is 5.01 Å². The van der Waals surface area contributed by atoms with Crippen molar-refractivity contribution in [2.45, 2.75) is 56.9 Å². The van der Waals surface area contributed by atoms with E-state index in [-0.39, 0.29) is 5.91 Å². The molecule has 0 spiro atoms. The molecule has 1 atom stereocenters. The lowest BCUT2D eigenvalue weighted by Gasteiger charge is -2.54. The first-order valence-electron chi connectivity index (χ1n) is 9.73. The second-order valence-corrected chi connectivity index (χ2v) is 9.43. The van der Waals surface area contributed by atoms with Gasteiger partial charge in [-0.1, -0.05) is 0 Å². The van der Waals surface area contributed by atoms with E-state index in [0.29, 0.717) is 17.7 Å². The van der Waals surface area contributed by atoms with Gasteiger partial charge in [0.1, 0.15) is 5.69 Å². The Bertz CT molecular complexity index is 594. The van der Waals surface area contributed by atoms with E-state index in [1.165, 1.54) is 44.9 Å². The quantitative estimate of drug-likeness (QED) is 0.885. The largest absolute Gasteiger partial charge is 0.347 e. The SMILES string of the molecule is O=C(NC1C2CC3CC(C2)CC1C3)c1csc(C2CCCNC2)n1. The van der Waals surface area contributed by atoms with Gasteiger partial charge in [0, 0.05) is 23.9 Å². The maximum atomic E-state index is 12.8. The van der Waals surface area contributed by atoms with Gasteiger partial charge in [-0.05, 0) is 75.2 Å². The highest BCUT2D eigenvalue weighted by Crippen LogP contribution is 2.53. The predicted octanol–water partition coefficient (Wildman–Crippen LogP) is 3.16. The van der Waals surface area contributed by atoms with E-state index >= 15 is 0 Å². The third kappa shape index (κ3) is 2.70. The number of aromatic nitrogens is 1. The Kier molecular flexibility index (Phi) is 3.89. The number of carbonyl (C=O) groups is 1. The minimum absolute atomic E-state index is 0.0683. The van der Waals surface area contributed by atoms with E-state index in [4.69, 9.17) is 0 Å². The third-order valence-corrected chi connectivity index (χ3v) is 7.93. The van der Waals surface area contributed by atoms with Crippen LogP contribution in [0.1, 0.15) is 66.4 Å².